The lowest BCUT2D eigenvalue weighted by molar-refractivity contribution is -0.146. The summed E-state index contributed by atoms with van der Waals surface area (Å²) >= 11 is 0. The molecule has 0 saturated carbocycles. The van der Waals surface area contributed by atoms with Crippen LogP contribution in [0.15, 0.2) is 46.1 Å². The molecule has 1 aromatic carbocycles. The molecule has 0 bridgehead atoms. The van der Waals surface area contributed by atoms with Crippen LogP contribution in [-0.4, -0.2) is 69.0 Å². The molecule has 0 N–H and O–H groups in total. The number of hydrogen-bond donors (Lipinski definition) is 0. The first-order valence-electron chi connectivity index (χ1n) is 12.9. The van der Waals surface area contributed by atoms with Gasteiger partial charge in [-0.1, -0.05) is 37.6 Å². The van der Waals surface area contributed by atoms with Crippen LogP contribution in [0.3, 0.4) is 0 Å². The molecule has 0 aliphatic carbocycles. The van der Waals surface area contributed by atoms with Crippen LogP contribution in [0.25, 0.3) is 6.08 Å². The highest BCUT2D eigenvalue weighted by Gasteiger charge is 2.43. The molecule has 37 heavy (non-hydrogen) atoms. The van der Waals surface area contributed by atoms with Crippen molar-refractivity contribution in [2.75, 3.05) is 40.5 Å². The first kappa shape index (κ1) is 30.0. The molecule has 1 aliphatic rings. The molecule has 1 aromatic rings. The maximum Gasteiger partial charge on any atom is 0.336 e. The second kappa shape index (κ2) is 14.5. The fourth-order valence-corrected chi connectivity index (χ4v) is 4.52. The molecule has 2 atom stereocenters. The van der Waals surface area contributed by atoms with Gasteiger partial charge >= 0.3 is 17.9 Å². The summed E-state index contributed by atoms with van der Waals surface area (Å²) in [6.07, 6.45) is 3.09. The average molecular weight is 513 g/mol. The van der Waals surface area contributed by atoms with E-state index < -0.39 is 23.8 Å². The third kappa shape index (κ3) is 7.61. The third-order valence-corrected chi connectivity index (χ3v) is 5.94. The van der Waals surface area contributed by atoms with Crippen LogP contribution in [-0.2, 0) is 28.6 Å². The van der Waals surface area contributed by atoms with Crippen LogP contribution in [0.2, 0.25) is 0 Å². The Kier molecular flexibility index (Phi) is 11.7. The first-order valence-corrected chi connectivity index (χ1v) is 12.9. The zero-order valence-corrected chi connectivity index (χ0v) is 23.1. The lowest BCUT2D eigenvalue weighted by Gasteiger charge is -2.33. The smallest absolute Gasteiger partial charge is 0.336 e. The third-order valence-electron chi connectivity index (χ3n) is 5.94. The quantitative estimate of drug-likeness (QED) is 0.230. The van der Waals surface area contributed by atoms with Crippen LogP contribution in [0.4, 0.5) is 0 Å². The van der Waals surface area contributed by atoms with Gasteiger partial charge in [-0.2, -0.15) is 0 Å². The second-order valence-corrected chi connectivity index (χ2v) is 9.05. The van der Waals surface area contributed by atoms with E-state index in [1.807, 2.05) is 50.2 Å². The van der Waals surface area contributed by atoms with Gasteiger partial charge in [0.1, 0.15) is 5.92 Å². The summed E-state index contributed by atoms with van der Waals surface area (Å²) in [6.45, 7) is 10.1. The number of ether oxygens (including phenoxy) is 3. The highest BCUT2D eigenvalue weighted by molar-refractivity contribution is 6.07. The number of rotatable bonds is 12. The fourth-order valence-electron chi connectivity index (χ4n) is 4.52. The van der Waals surface area contributed by atoms with E-state index in [1.54, 1.807) is 33.8 Å². The molecule has 0 spiro atoms. The normalized spacial score (nSPS) is 17.9. The molecule has 0 radical (unpaired) electrons. The predicted octanol–water partition coefficient (Wildman–Crippen LogP) is 4.55. The number of likely N-dealkylation sites (N-methyl/N-ethyl adjacent to an activating group) is 1. The van der Waals surface area contributed by atoms with Crippen LogP contribution in [0.5, 0.6) is 0 Å². The van der Waals surface area contributed by atoms with Crippen molar-refractivity contribution >= 4 is 29.7 Å². The minimum absolute atomic E-state index is 0.183. The summed E-state index contributed by atoms with van der Waals surface area (Å²) < 4.78 is 16.2. The van der Waals surface area contributed by atoms with Gasteiger partial charge in [0.2, 0.25) is 0 Å². The Hall–Kier alpha value is -3.26. The summed E-state index contributed by atoms with van der Waals surface area (Å²) in [5.41, 5.74) is 3.40. The molecule has 1 heterocycles. The Morgan fingerprint density at radius 2 is 1.62 bits per heavy atom. The Balaban J connectivity index is 2.86. The van der Waals surface area contributed by atoms with Gasteiger partial charge in [0.05, 0.1) is 31.1 Å². The van der Waals surface area contributed by atoms with E-state index in [9.17, 15) is 14.4 Å². The van der Waals surface area contributed by atoms with Crippen molar-refractivity contribution in [3.63, 3.8) is 0 Å². The van der Waals surface area contributed by atoms with Gasteiger partial charge in [-0.3, -0.25) is 9.79 Å². The molecule has 0 amide bonds. The number of benzene rings is 1. The molecule has 202 valence electrons. The zero-order valence-electron chi connectivity index (χ0n) is 23.1. The predicted molar refractivity (Wildman–Crippen MR) is 144 cm³/mol. The van der Waals surface area contributed by atoms with Gasteiger partial charge < -0.3 is 19.1 Å². The average Bonchev–Trinajstić information content (AvgIpc) is 2.83. The van der Waals surface area contributed by atoms with E-state index in [1.165, 1.54) is 0 Å². The monoisotopic (exact) mass is 512 g/mol. The highest BCUT2D eigenvalue weighted by atomic mass is 16.5. The highest BCUT2D eigenvalue weighted by Crippen LogP contribution is 2.42. The van der Waals surface area contributed by atoms with Crippen molar-refractivity contribution < 1.29 is 28.6 Å². The molecule has 0 fully saturated rings. The van der Waals surface area contributed by atoms with Gasteiger partial charge in [0.25, 0.3) is 0 Å². The summed E-state index contributed by atoms with van der Waals surface area (Å²) in [5, 5.41) is 0. The second-order valence-electron chi connectivity index (χ2n) is 9.05. The van der Waals surface area contributed by atoms with Crippen molar-refractivity contribution in [1.82, 2.24) is 4.90 Å². The van der Waals surface area contributed by atoms with E-state index in [-0.39, 0.29) is 25.8 Å². The van der Waals surface area contributed by atoms with Crippen molar-refractivity contribution in [2.45, 2.75) is 53.4 Å². The Labute approximate surface area is 220 Å². The Bertz CT molecular complexity index is 1070. The molecular formula is C29H40N2O6. The van der Waals surface area contributed by atoms with E-state index in [4.69, 9.17) is 19.2 Å². The molecular weight excluding hydrogens is 472 g/mol. The van der Waals surface area contributed by atoms with Crippen LogP contribution in [0, 0.1) is 5.92 Å². The Morgan fingerprint density at radius 3 is 2.22 bits per heavy atom. The number of aliphatic imine (C=N–C) groups is 1. The first-order chi connectivity index (χ1) is 17.7. The van der Waals surface area contributed by atoms with Gasteiger partial charge in [-0.15, -0.1) is 0 Å². The van der Waals surface area contributed by atoms with Crippen molar-refractivity contribution in [2.24, 2.45) is 10.9 Å². The topological polar surface area (TPSA) is 94.5 Å². The van der Waals surface area contributed by atoms with E-state index in [0.29, 0.717) is 41.1 Å². The standard InChI is InChI=1S/C29H40N2O6/c1-8-14-21(27(32)35-9-2)17-20-15-12-13-16-22(20)25-24(28(33)36-10-3)19(5)30-23(18-31(6)7)26(25)29(34)37-11-4/h12-13,15-17,24-25H,8-11,14,18H2,1-7H3. The largest absolute Gasteiger partial charge is 0.465 e. The van der Waals surface area contributed by atoms with E-state index in [2.05, 4.69) is 0 Å². The van der Waals surface area contributed by atoms with Crippen LogP contribution >= 0.6 is 0 Å². The minimum atomic E-state index is -0.822. The number of carbonyl (C=O) groups excluding carboxylic acids is 3. The zero-order chi connectivity index (χ0) is 27.5. The molecule has 8 heteroatoms. The number of nitrogens with zero attached hydrogens (tertiary/aromatic N) is 2. The summed E-state index contributed by atoms with van der Waals surface area (Å²) in [4.78, 5) is 46.0. The van der Waals surface area contributed by atoms with Crippen molar-refractivity contribution in [3.8, 4) is 0 Å². The van der Waals surface area contributed by atoms with E-state index >= 15 is 0 Å². The van der Waals surface area contributed by atoms with Gasteiger partial charge in [0, 0.05) is 23.7 Å². The maximum absolute atomic E-state index is 13.4. The SMILES string of the molecule is CCCC(=Cc1ccccc1C1C(C(=O)OCC)=C(CN(C)C)N=C(C)C1C(=O)OCC)C(=O)OCC. The Morgan fingerprint density at radius 1 is 0.973 bits per heavy atom. The number of hydrogen-bond acceptors (Lipinski definition) is 8. The number of carbonyl (C=O) groups is 3. The van der Waals surface area contributed by atoms with Gasteiger partial charge in [0.15, 0.2) is 0 Å². The summed E-state index contributed by atoms with van der Waals surface area (Å²) in [5.74, 6) is -2.89. The minimum Gasteiger partial charge on any atom is -0.465 e. The lowest BCUT2D eigenvalue weighted by Crippen LogP contribution is -2.38. The van der Waals surface area contributed by atoms with Crippen molar-refractivity contribution in [3.05, 3.63) is 52.2 Å². The van der Waals surface area contributed by atoms with Crippen LogP contribution < -0.4 is 0 Å². The van der Waals surface area contributed by atoms with Crippen molar-refractivity contribution in [1.29, 1.82) is 0 Å². The maximum atomic E-state index is 13.4. The lowest BCUT2D eigenvalue weighted by atomic mass is 9.74. The molecule has 8 nitrogen and oxygen atoms in total. The molecule has 1 aliphatic heterocycles. The molecule has 2 unspecified atom stereocenters. The van der Waals surface area contributed by atoms with Gasteiger partial charge in [-0.05, 0) is 65.4 Å². The van der Waals surface area contributed by atoms with E-state index in [0.717, 1.165) is 12.0 Å². The molecule has 0 aromatic heterocycles. The molecule has 2 rings (SSSR count). The summed E-state index contributed by atoms with van der Waals surface area (Å²) in [7, 11) is 3.78. The molecule has 0 saturated heterocycles. The van der Waals surface area contributed by atoms with Gasteiger partial charge in [-0.25, -0.2) is 9.59 Å². The van der Waals surface area contributed by atoms with Crippen LogP contribution in [0.1, 0.15) is 64.5 Å². The summed E-state index contributed by atoms with van der Waals surface area (Å²) in [6, 6.07) is 7.47. The fraction of sp³-hybridized carbons (Fsp3) is 0.517. The number of esters is 3.